The Morgan fingerprint density at radius 3 is 2.65 bits per heavy atom. The molecule has 2 aromatic carbocycles. The number of benzene rings is 2. The second-order valence-corrected chi connectivity index (χ2v) is 9.50. The SMILES string of the molecule is [2H]c1c([2H])c(C2(C(=O)Cc3cc4cc(C(C)(C)CC)n(C([2H])([2H])[C@@]([2H])(O)CO)c4cc3F)C([2H])([2H])C2([2H])[2H])c([2H])c2c1OC(F)(F)O2. The van der Waals surface area contributed by atoms with Crippen LogP contribution >= 0.6 is 0 Å². The second kappa shape index (κ2) is 8.77. The second-order valence-electron chi connectivity index (χ2n) is 9.50. The predicted octanol–water partition coefficient (Wildman–Crippen LogP) is 4.99. The quantitative estimate of drug-likeness (QED) is 0.410. The fourth-order valence-corrected chi connectivity index (χ4v) is 4.12. The van der Waals surface area contributed by atoms with Gasteiger partial charge in [-0.2, -0.15) is 0 Å². The smallest absolute Gasteiger partial charge is 0.395 e. The Morgan fingerprint density at radius 2 is 2.00 bits per heavy atom. The van der Waals surface area contributed by atoms with E-state index < -0.39 is 108 Å². The van der Waals surface area contributed by atoms with Crippen molar-refractivity contribution in [1.82, 2.24) is 4.57 Å². The molecule has 2 N–H and O–H groups in total. The van der Waals surface area contributed by atoms with Crippen LogP contribution in [0.2, 0.25) is 0 Å². The van der Waals surface area contributed by atoms with Gasteiger partial charge in [-0.15, -0.1) is 8.78 Å². The van der Waals surface area contributed by atoms with Gasteiger partial charge in [0.05, 0.1) is 38.3 Å². The van der Waals surface area contributed by atoms with Crippen LogP contribution in [0.5, 0.6) is 11.5 Å². The largest absolute Gasteiger partial charge is 0.586 e. The number of hydrogen-bond donors (Lipinski definition) is 2. The summed E-state index contributed by atoms with van der Waals surface area (Å²) in [5.41, 5.74) is -5.36. The molecule has 6 nitrogen and oxygen atoms in total. The molecule has 3 aromatic rings. The molecule has 0 amide bonds. The van der Waals surface area contributed by atoms with E-state index in [4.69, 9.17) is 13.7 Å². The highest BCUT2D eigenvalue weighted by atomic mass is 19.3. The molecule has 1 atom stereocenters. The van der Waals surface area contributed by atoms with Crippen LogP contribution in [0.25, 0.3) is 10.9 Å². The van der Waals surface area contributed by atoms with Crippen LogP contribution in [-0.2, 0) is 28.5 Å². The van der Waals surface area contributed by atoms with E-state index in [-0.39, 0.29) is 16.6 Å². The van der Waals surface area contributed by atoms with Crippen LogP contribution in [-0.4, -0.2) is 39.5 Å². The lowest BCUT2D eigenvalue weighted by Crippen LogP contribution is -2.26. The Bertz CT molecular complexity index is 1830. The van der Waals surface area contributed by atoms with E-state index in [2.05, 4.69) is 9.47 Å². The van der Waals surface area contributed by atoms with Crippen molar-refractivity contribution in [2.75, 3.05) is 6.61 Å². The normalized spacial score (nSPS) is 26.2. The summed E-state index contributed by atoms with van der Waals surface area (Å²) in [4.78, 5) is 14.0. The van der Waals surface area contributed by atoms with Crippen molar-refractivity contribution in [3.63, 3.8) is 0 Å². The van der Waals surface area contributed by atoms with Gasteiger partial charge >= 0.3 is 6.29 Å². The van der Waals surface area contributed by atoms with Crippen molar-refractivity contribution < 1.29 is 51.4 Å². The Labute approximate surface area is 226 Å². The first-order valence-electron chi connectivity index (χ1n) is 16.4. The van der Waals surface area contributed by atoms with E-state index in [0.717, 1.165) is 16.7 Å². The number of carbonyl (C=O) groups is 1. The number of aliphatic hydroxyl groups is 2. The summed E-state index contributed by atoms with van der Waals surface area (Å²) < 4.78 is 137. The maximum Gasteiger partial charge on any atom is 0.586 e. The summed E-state index contributed by atoms with van der Waals surface area (Å²) in [6.07, 6.45) is -14.4. The highest BCUT2D eigenvalue weighted by Gasteiger charge is 2.52. The van der Waals surface area contributed by atoms with Crippen molar-refractivity contribution in [3.05, 3.63) is 59.0 Å². The van der Waals surface area contributed by atoms with Crippen molar-refractivity contribution in [3.8, 4) is 11.5 Å². The highest BCUT2D eigenvalue weighted by Crippen LogP contribution is 2.52. The van der Waals surface area contributed by atoms with Gasteiger partial charge in [0.2, 0.25) is 0 Å². The van der Waals surface area contributed by atoms with Gasteiger partial charge in [0.1, 0.15) is 11.6 Å². The first-order valence-corrected chi connectivity index (χ1v) is 11.4. The third kappa shape index (κ3) is 4.48. The molecule has 0 radical (unpaired) electrons. The summed E-state index contributed by atoms with van der Waals surface area (Å²) in [7, 11) is 0. The highest BCUT2D eigenvalue weighted by molar-refractivity contribution is 5.95. The number of alkyl halides is 2. The number of ketones is 1. The Balaban J connectivity index is 1.69. The van der Waals surface area contributed by atoms with Crippen molar-refractivity contribution in [2.24, 2.45) is 0 Å². The van der Waals surface area contributed by atoms with Crippen LogP contribution in [0.4, 0.5) is 13.2 Å². The Kier molecular flexibility index (Phi) is 3.80. The lowest BCUT2D eigenvalue weighted by atomic mass is 9.86. The van der Waals surface area contributed by atoms with Crippen molar-refractivity contribution >= 4 is 16.7 Å². The molecule has 1 saturated carbocycles. The molecule has 198 valence electrons. The zero-order valence-electron chi connectivity index (χ0n) is 30.1. The van der Waals surface area contributed by atoms with Gasteiger partial charge in [-0.05, 0) is 60.6 Å². The standard InChI is InChI=1S/C28H30F3NO5/c1-4-26(2,3)24-10-17-9-16(20(29)13-21(17)32(24)14-19(34)15-33)11-25(35)27(7-8-27)18-5-6-22-23(12-18)37-28(30,31)36-22/h5-6,9-10,12-13,19,33-34H,4,7-8,11,14-15H2,1-3H3/t19-/m1/s1/i5D,6D,7D2,8D2,12D,14D2,19D. The topological polar surface area (TPSA) is 80.9 Å². The van der Waals surface area contributed by atoms with Crippen LogP contribution < -0.4 is 9.47 Å². The number of rotatable bonds is 9. The summed E-state index contributed by atoms with van der Waals surface area (Å²) >= 11 is 0. The van der Waals surface area contributed by atoms with E-state index in [1.807, 2.05) is 0 Å². The van der Waals surface area contributed by atoms with E-state index in [1.54, 1.807) is 20.8 Å². The molecule has 0 bridgehead atoms. The predicted molar refractivity (Wildman–Crippen MR) is 131 cm³/mol. The van der Waals surface area contributed by atoms with Gasteiger partial charge in [-0.1, -0.05) is 26.8 Å². The average Bonchev–Trinajstić information content (AvgIpc) is 3.32. The van der Waals surface area contributed by atoms with Gasteiger partial charge in [-0.25, -0.2) is 4.39 Å². The molecule has 5 rings (SSSR count). The van der Waals surface area contributed by atoms with Gasteiger partial charge in [0, 0.05) is 28.4 Å². The number of aliphatic hydroxyl groups excluding tert-OH is 1. The number of carbonyl (C=O) groups excluding carboxylic acids is 1. The molecule has 37 heavy (non-hydrogen) atoms. The Morgan fingerprint density at radius 1 is 1.30 bits per heavy atom. The fraction of sp³-hybridized carbons (Fsp3) is 0.464. The minimum absolute atomic E-state index is 0.0975. The zero-order chi connectivity index (χ0) is 35.7. The number of Topliss-reactive ketones (excluding diaryl/α,β-unsaturated/α-hetero) is 1. The molecule has 2 heterocycles. The van der Waals surface area contributed by atoms with Gasteiger partial charge in [0.15, 0.2) is 11.5 Å². The first kappa shape index (κ1) is 16.0. The summed E-state index contributed by atoms with van der Waals surface area (Å²) in [5.74, 6) is -4.67. The lowest BCUT2D eigenvalue weighted by Gasteiger charge is -2.26. The van der Waals surface area contributed by atoms with Crippen LogP contribution in [0.15, 0.2) is 36.3 Å². The maximum atomic E-state index is 15.8. The molecule has 1 fully saturated rings. The minimum atomic E-state index is -4.36. The van der Waals surface area contributed by atoms with Crippen molar-refractivity contribution in [2.45, 2.75) is 76.1 Å². The molecule has 0 unspecified atom stereocenters. The van der Waals surface area contributed by atoms with Gasteiger partial charge < -0.3 is 24.3 Å². The number of nitrogens with zero attached hydrogens (tertiary/aromatic N) is 1. The summed E-state index contributed by atoms with van der Waals surface area (Å²) in [5, 5.41) is 20.1. The molecule has 1 aliphatic carbocycles. The van der Waals surface area contributed by atoms with Crippen LogP contribution in [0.1, 0.15) is 70.5 Å². The number of halogens is 3. The van der Waals surface area contributed by atoms with Crippen molar-refractivity contribution in [1.29, 1.82) is 0 Å². The van der Waals surface area contributed by atoms with E-state index in [0.29, 0.717) is 6.42 Å². The molecule has 1 aliphatic heterocycles. The Hall–Kier alpha value is -3.04. The van der Waals surface area contributed by atoms with Gasteiger partial charge in [0.25, 0.3) is 0 Å². The zero-order valence-corrected chi connectivity index (χ0v) is 20.1. The molecule has 2 aliphatic rings. The summed E-state index contributed by atoms with van der Waals surface area (Å²) in [6.45, 7) is 0.879. The van der Waals surface area contributed by atoms with Crippen LogP contribution in [0.3, 0.4) is 0 Å². The minimum Gasteiger partial charge on any atom is -0.395 e. The molecule has 0 spiro atoms. The lowest BCUT2D eigenvalue weighted by molar-refractivity contribution is -0.286. The average molecular weight is 528 g/mol. The third-order valence-corrected chi connectivity index (χ3v) is 6.64. The third-order valence-electron chi connectivity index (χ3n) is 6.64. The molecular formula is C28H30F3NO5. The van der Waals surface area contributed by atoms with E-state index >= 15 is 4.39 Å². The molecule has 0 saturated heterocycles. The van der Waals surface area contributed by atoms with Gasteiger partial charge in [-0.3, -0.25) is 4.79 Å². The molecular weight excluding hydrogens is 487 g/mol. The maximum absolute atomic E-state index is 15.8. The first-order chi connectivity index (χ1) is 21.3. The molecule has 1 aromatic heterocycles. The van der Waals surface area contributed by atoms with E-state index in [1.165, 1.54) is 6.07 Å². The summed E-state index contributed by atoms with van der Waals surface area (Å²) in [6, 6.07) is -0.0884. The fourth-order valence-electron chi connectivity index (χ4n) is 4.12. The monoisotopic (exact) mass is 527 g/mol. The van der Waals surface area contributed by atoms with E-state index in [9.17, 15) is 23.8 Å². The van der Waals surface area contributed by atoms with Crippen LogP contribution in [0, 0.1) is 5.82 Å². The number of aromatic nitrogens is 1. The number of ether oxygens (including phenoxy) is 2. The number of hydrogen-bond acceptors (Lipinski definition) is 5. The number of fused-ring (bicyclic) bond motifs is 2. The molecule has 9 heteroatoms.